The van der Waals surface area contributed by atoms with Gasteiger partial charge in [0.25, 0.3) is 0 Å². The quantitative estimate of drug-likeness (QED) is 0.635. The molecule has 3 rings (SSSR count). The first-order chi connectivity index (χ1) is 13.0. The van der Waals surface area contributed by atoms with Gasteiger partial charge in [-0.25, -0.2) is 4.39 Å². The largest absolute Gasteiger partial charge is 0.354 e. The third kappa shape index (κ3) is 3.40. The van der Waals surface area contributed by atoms with Crippen LogP contribution in [-0.4, -0.2) is 22.8 Å². The van der Waals surface area contributed by atoms with Gasteiger partial charge < -0.3 is 4.74 Å². The van der Waals surface area contributed by atoms with E-state index in [0.717, 1.165) is 5.56 Å². The molecule has 2 aromatic carbocycles. The fraction of sp³-hybridized carbons (Fsp3) is 0.391. The third-order valence-electron chi connectivity index (χ3n) is 5.31. The number of benzene rings is 2. The Morgan fingerprint density at radius 1 is 1.04 bits per heavy atom. The molecule has 1 aliphatic rings. The van der Waals surface area contributed by atoms with E-state index >= 15 is 0 Å². The van der Waals surface area contributed by atoms with E-state index in [1.54, 1.807) is 52.0 Å². The van der Waals surface area contributed by atoms with E-state index in [0.29, 0.717) is 28.1 Å². The lowest BCUT2D eigenvalue weighted by Crippen LogP contribution is -2.58. The second-order valence-electron chi connectivity index (χ2n) is 8.15. The van der Waals surface area contributed by atoms with Crippen LogP contribution in [0.2, 0.25) is 5.02 Å². The van der Waals surface area contributed by atoms with Gasteiger partial charge in [-0.05, 0) is 62.9 Å². The average Bonchev–Trinajstić information content (AvgIpc) is 2.60. The molecule has 1 saturated heterocycles. The van der Waals surface area contributed by atoms with E-state index in [1.165, 1.54) is 6.07 Å². The Labute approximate surface area is 169 Å². The molecule has 0 atom stereocenters. The van der Waals surface area contributed by atoms with Crippen molar-refractivity contribution in [3.63, 3.8) is 0 Å². The molecule has 1 aliphatic heterocycles. The molecule has 1 fully saturated rings. The first-order valence-corrected chi connectivity index (χ1v) is 9.73. The van der Waals surface area contributed by atoms with E-state index in [9.17, 15) is 14.0 Å². The first kappa shape index (κ1) is 20.7. The summed E-state index contributed by atoms with van der Waals surface area (Å²) in [5.74, 6) is -1.84. The van der Waals surface area contributed by atoms with Gasteiger partial charge in [0, 0.05) is 5.56 Å². The molecular weight excluding hydrogens is 379 g/mol. The molecular formula is C23H24ClFO3. The first-order valence-electron chi connectivity index (χ1n) is 9.35. The van der Waals surface area contributed by atoms with Crippen LogP contribution in [-0.2, 0) is 20.7 Å². The number of carbonyl (C=O) groups excluding carboxylic acids is 2. The van der Waals surface area contributed by atoms with Crippen LogP contribution in [0.15, 0.2) is 36.4 Å². The van der Waals surface area contributed by atoms with Crippen molar-refractivity contribution < 1.29 is 18.7 Å². The molecule has 2 aromatic rings. The van der Waals surface area contributed by atoms with Crippen molar-refractivity contribution in [1.82, 2.24) is 0 Å². The summed E-state index contributed by atoms with van der Waals surface area (Å²) in [6.07, 6.45) is 0.591. The minimum atomic E-state index is -1.07. The zero-order chi connectivity index (χ0) is 20.9. The lowest BCUT2D eigenvalue weighted by molar-refractivity contribution is -0.184. The van der Waals surface area contributed by atoms with Crippen molar-refractivity contribution in [3.05, 3.63) is 58.4 Å². The monoisotopic (exact) mass is 402 g/mol. The van der Waals surface area contributed by atoms with Gasteiger partial charge in [-0.3, -0.25) is 9.59 Å². The highest BCUT2D eigenvalue weighted by molar-refractivity contribution is 6.33. The summed E-state index contributed by atoms with van der Waals surface area (Å²) >= 11 is 6.20. The topological polar surface area (TPSA) is 43.4 Å². The van der Waals surface area contributed by atoms with E-state index in [-0.39, 0.29) is 11.6 Å². The standard InChI is InChI=1S/C23H24ClFO3/c1-6-13-12-14(18-16(24)8-7-9-17(18)25)10-11-15(13)19-20(26)22(2,3)28-23(4,5)21(19)27/h7-12,19H,6H2,1-5H3. The maximum Gasteiger partial charge on any atom is 0.179 e. The zero-order valence-corrected chi connectivity index (χ0v) is 17.5. The summed E-state index contributed by atoms with van der Waals surface area (Å²) in [5.41, 5.74) is 0.265. The maximum absolute atomic E-state index is 14.3. The van der Waals surface area contributed by atoms with E-state index in [1.807, 2.05) is 13.0 Å². The van der Waals surface area contributed by atoms with Crippen molar-refractivity contribution in [2.45, 2.75) is 58.2 Å². The van der Waals surface area contributed by atoms with Gasteiger partial charge >= 0.3 is 0 Å². The maximum atomic E-state index is 14.3. The van der Waals surface area contributed by atoms with Crippen molar-refractivity contribution in [3.8, 4) is 11.1 Å². The minimum absolute atomic E-state index is 0.261. The average molecular weight is 403 g/mol. The SMILES string of the molecule is CCc1cc(-c2c(F)cccc2Cl)ccc1C1C(=O)C(C)(C)OC(C)(C)C1=O. The van der Waals surface area contributed by atoms with Gasteiger partial charge in [0.05, 0.1) is 5.02 Å². The molecule has 0 aliphatic carbocycles. The highest BCUT2D eigenvalue weighted by Gasteiger charge is 2.53. The second-order valence-corrected chi connectivity index (χ2v) is 8.56. The Balaban J connectivity index is 2.15. The van der Waals surface area contributed by atoms with Crippen LogP contribution in [0.5, 0.6) is 0 Å². The molecule has 0 bridgehead atoms. The molecule has 1 heterocycles. The number of Topliss-reactive ketones (excluding diaryl/α,β-unsaturated/α-hetero) is 2. The van der Waals surface area contributed by atoms with E-state index in [4.69, 9.17) is 16.3 Å². The number of carbonyl (C=O) groups is 2. The molecule has 28 heavy (non-hydrogen) atoms. The van der Waals surface area contributed by atoms with Gasteiger partial charge in [0.15, 0.2) is 11.6 Å². The fourth-order valence-corrected chi connectivity index (χ4v) is 4.23. The Hall–Kier alpha value is -2.04. The predicted octanol–water partition coefficient (Wildman–Crippen LogP) is 5.52. The van der Waals surface area contributed by atoms with Crippen molar-refractivity contribution in [2.24, 2.45) is 0 Å². The third-order valence-corrected chi connectivity index (χ3v) is 5.62. The van der Waals surface area contributed by atoms with Crippen LogP contribution in [0.1, 0.15) is 51.7 Å². The summed E-state index contributed by atoms with van der Waals surface area (Å²) in [6, 6.07) is 9.83. The predicted molar refractivity (Wildman–Crippen MR) is 108 cm³/mol. The fourth-order valence-electron chi connectivity index (χ4n) is 3.96. The normalized spacial score (nSPS) is 19.1. The number of aryl methyl sites for hydroxylation is 1. The highest BCUT2D eigenvalue weighted by atomic mass is 35.5. The molecule has 0 radical (unpaired) electrons. The molecule has 0 amide bonds. The minimum Gasteiger partial charge on any atom is -0.354 e. The Morgan fingerprint density at radius 2 is 1.64 bits per heavy atom. The van der Waals surface area contributed by atoms with Crippen molar-refractivity contribution in [2.75, 3.05) is 0 Å². The summed E-state index contributed by atoms with van der Waals surface area (Å²) < 4.78 is 20.1. The Bertz CT molecular complexity index is 916. The van der Waals surface area contributed by atoms with Crippen LogP contribution in [0.25, 0.3) is 11.1 Å². The molecule has 0 spiro atoms. The second kappa shape index (κ2) is 7.09. The molecule has 0 aromatic heterocycles. The molecule has 148 valence electrons. The number of hydrogen-bond donors (Lipinski definition) is 0. The van der Waals surface area contributed by atoms with Crippen LogP contribution >= 0.6 is 11.6 Å². The number of ether oxygens (including phenoxy) is 1. The zero-order valence-electron chi connectivity index (χ0n) is 16.7. The lowest BCUT2D eigenvalue weighted by Gasteiger charge is -2.43. The Morgan fingerprint density at radius 3 is 2.18 bits per heavy atom. The van der Waals surface area contributed by atoms with E-state index in [2.05, 4.69) is 0 Å². The van der Waals surface area contributed by atoms with Crippen LogP contribution < -0.4 is 0 Å². The summed E-state index contributed by atoms with van der Waals surface area (Å²) in [5, 5.41) is 0.315. The number of hydrogen-bond acceptors (Lipinski definition) is 3. The Kier molecular flexibility index (Phi) is 5.24. The van der Waals surface area contributed by atoms with Gasteiger partial charge in [0.1, 0.15) is 22.9 Å². The smallest absolute Gasteiger partial charge is 0.179 e. The van der Waals surface area contributed by atoms with Crippen LogP contribution in [0.3, 0.4) is 0 Å². The van der Waals surface area contributed by atoms with Crippen molar-refractivity contribution >= 4 is 23.2 Å². The van der Waals surface area contributed by atoms with Gasteiger partial charge in [-0.15, -0.1) is 0 Å². The van der Waals surface area contributed by atoms with Gasteiger partial charge in [-0.2, -0.15) is 0 Å². The molecule has 0 saturated carbocycles. The summed E-state index contributed by atoms with van der Waals surface area (Å²) in [7, 11) is 0. The highest BCUT2D eigenvalue weighted by Crippen LogP contribution is 2.41. The molecule has 3 nitrogen and oxygen atoms in total. The van der Waals surface area contributed by atoms with Crippen LogP contribution in [0.4, 0.5) is 4.39 Å². The lowest BCUT2D eigenvalue weighted by atomic mass is 9.73. The molecule has 5 heteroatoms. The number of rotatable bonds is 3. The van der Waals surface area contributed by atoms with Gasteiger partial charge in [-0.1, -0.05) is 42.8 Å². The summed E-state index contributed by atoms with van der Waals surface area (Å²) in [4.78, 5) is 26.1. The molecule has 0 N–H and O–H groups in total. The molecule has 0 unspecified atom stereocenters. The number of ketones is 2. The van der Waals surface area contributed by atoms with Crippen molar-refractivity contribution in [1.29, 1.82) is 0 Å². The summed E-state index contributed by atoms with van der Waals surface area (Å²) in [6.45, 7) is 8.70. The van der Waals surface area contributed by atoms with Crippen LogP contribution in [0, 0.1) is 5.82 Å². The van der Waals surface area contributed by atoms with Gasteiger partial charge in [0.2, 0.25) is 0 Å². The number of halogens is 2. The van der Waals surface area contributed by atoms with E-state index < -0.39 is 22.9 Å².